The van der Waals surface area contributed by atoms with Crippen molar-refractivity contribution in [2.45, 2.75) is 12.0 Å². The molecule has 0 bridgehead atoms. The van der Waals surface area contributed by atoms with E-state index in [-0.39, 0.29) is 24.2 Å². The summed E-state index contributed by atoms with van der Waals surface area (Å²) in [4.78, 5) is 35.9. The van der Waals surface area contributed by atoms with Gasteiger partial charge < -0.3 is 20.5 Å². The van der Waals surface area contributed by atoms with E-state index in [4.69, 9.17) is 4.74 Å². The molecule has 0 aromatic heterocycles. The number of thioether (sulfide) groups is 1. The Morgan fingerprint density at radius 2 is 1.49 bits per heavy atom. The summed E-state index contributed by atoms with van der Waals surface area (Å²) < 4.78 is 5.49. The zero-order valence-electron chi connectivity index (χ0n) is 19.0. The summed E-state index contributed by atoms with van der Waals surface area (Å²) in [5.74, 6) is -0.930. The van der Waals surface area contributed by atoms with Crippen molar-refractivity contribution < 1.29 is 24.2 Å². The first-order valence-electron chi connectivity index (χ1n) is 11.3. The number of nitrogens with one attached hydrogen (secondary N) is 2. The molecule has 3 aromatic carbocycles. The summed E-state index contributed by atoms with van der Waals surface area (Å²) in [6, 6.07) is 23.7. The smallest absolute Gasteiger partial charge is 0.407 e. The molecule has 0 unspecified atom stereocenters. The number of carboxylic acids is 1. The van der Waals surface area contributed by atoms with E-state index in [0.29, 0.717) is 17.9 Å². The first kappa shape index (κ1) is 24.3. The summed E-state index contributed by atoms with van der Waals surface area (Å²) >= 11 is 1.30. The van der Waals surface area contributed by atoms with Gasteiger partial charge in [-0.3, -0.25) is 4.79 Å². The average Bonchev–Trinajstić information content (AvgIpc) is 3.20. The summed E-state index contributed by atoms with van der Waals surface area (Å²) in [7, 11) is 0. The second kappa shape index (κ2) is 11.6. The van der Waals surface area contributed by atoms with Crippen LogP contribution in [-0.4, -0.2) is 47.7 Å². The van der Waals surface area contributed by atoms with Gasteiger partial charge in [-0.05, 0) is 27.8 Å². The van der Waals surface area contributed by atoms with Gasteiger partial charge in [0, 0.05) is 18.2 Å². The topological polar surface area (TPSA) is 105 Å². The molecule has 0 fully saturated rings. The largest absolute Gasteiger partial charge is 0.479 e. The maximum atomic E-state index is 12.2. The maximum absolute atomic E-state index is 12.2. The van der Waals surface area contributed by atoms with E-state index < -0.39 is 18.1 Å². The Balaban J connectivity index is 1.18. The minimum Gasteiger partial charge on any atom is -0.479 e. The van der Waals surface area contributed by atoms with Gasteiger partial charge in [0.25, 0.3) is 0 Å². The molecule has 3 N–H and O–H groups in total. The molecule has 1 aliphatic rings. The molecule has 1 aliphatic carbocycles. The predicted molar refractivity (Wildman–Crippen MR) is 135 cm³/mol. The van der Waals surface area contributed by atoms with Crippen LogP contribution in [-0.2, 0) is 14.3 Å². The molecule has 0 radical (unpaired) electrons. The molecule has 35 heavy (non-hydrogen) atoms. The van der Waals surface area contributed by atoms with Crippen molar-refractivity contribution in [3.05, 3.63) is 95.6 Å². The third kappa shape index (κ3) is 6.02. The summed E-state index contributed by atoms with van der Waals surface area (Å²) in [5, 5.41) is 14.6. The molecule has 4 rings (SSSR count). The predicted octanol–water partition coefficient (Wildman–Crippen LogP) is 4.20. The van der Waals surface area contributed by atoms with E-state index in [1.54, 1.807) is 30.3 Å². The number of carbonyl (C=O) groups is 3. The second-order valence-electron chi connectivity index (χ2n) is 8.05. The second-order valence-corrected chi connectivity index (χ2v) is 9.16. The molecule has 0 spiro atoms. The third-order valence-corrected chi connectivity index (χ3v) is 6.74. The molecule has 0 heterocycles. The lowest BCUT2D eigenvalue weighted by atomic mass is 9.98. The Kier molecular flexibility index (Phi) is 8.05. The van der Waals surface area contributed by atoms with E-state index in [9.17, 15) is 19.5 Å². The lowest BCUT2D eigenvalue weighted by Crippen LogP contribution is -2.35. The monoisotopic (exact) mass is 490 g/mol. The summed E-state index contributed by atoms with van der Waals surface area (Å²) in [6.07, 6.45) is -0.507. The van der Waals surface area contributed by atoms with Gasteiger partial charge in [-0.15, -0.1) is 0 Å². The molecular formula is C27H26N2O5S. The van der Waals surface area contributed by atoms with Crippen LogP contribution in [0.2, 0.25) is 0 Å². The Morgan fingerprint density at radius 3 is 2.11 bits per heavy atom. The van der Waals surface area contributed by atoms with Gasteiger partial charge in [-0.25, -0.2) is 9.59 Å². The van der Waals surface area contributed by atoms with Crippen LogP contribution in [0.1, 0.15) is 28.7 Å². The highest BCUT2D eigenvalue weighted by molar-refractivity contribution is 7.99. The maximum Gasteiger partial charge on any atom is 0.407 e. The van der Waals surface area contributed by atoms with Crippen molar-refractivity contribution in [3.8, 4) is 11.1 Å². The molecule has 0 saturated carbocycles. The van der Waals surface area contributed by atoms with Crippen LogP contribution in [0.15, 0.2) is 78.9 Å². The minimum atomic E-state index is -1.12. The van der Waals surface area contributed by atoms with Gasteiger partial charge in [0.2, 0.25) is 5.91 Å². The van der Waals surface area contributed by atoms with Crippen LogP contribution in [0.5, 0.6) is 0 Å². The van der Waals surface area contributed by atoms with Gasteiger partial charge in [-0.1, -0.05) is 78.9 Å². The van der Waals surface area contributed by atoms with Crippen molar-refractivity contribution in [2.75, 3.05) is 24.7 Å². The fraction of sp³-hybridized carbons (Fsp3) is 0.222. The molecule has 0 aliphatic heterocycles. The Labute approximate surface area is 207 Å². The number of fused-ring (bicyclic) bond motifs is 3. The standard InChI is InChI=1S/C27H26N2O5S/c30-24(29-25(26(31)32)18-8-2-1-3-9-18)17-35-15-14-28-27(33)34-16-23-21-12-6-4-10-19(21)20-11-5-7-13-22(20)23/h1-13,23,25H,14-17H2,(H,28,33)(H,29,30)(H,31,32)/t25-/m0/s1. The number of alkyl carbamates (subject to hydrolysis) is 1. The number of benzene rings is 3. The normalized spacial score (nSPS) is 12.8. The van der Waals surface area contributed by atoms with E-state index in [0.717, 1.165) is 11.1 Å². The van der Waals surface area contributed by atoms with Crippen molar-refractivity contribution >= 4 is 29.7 Å². The summed E-state index contributed by atoms with van der Waals surface area (Å²) in [5.41, 5.74) is 5.15. The van der Waals surface area contributed by atoms with E-state index in [2.05, 4.69) is 34.9 Å². The van der Waals surface area contributed by atoms with Gasteiger partial charge >= 0.3 is 12.1 Å². The van der Waals surface area contributed by atoms with Gasteiger partial charge in [0.1, 0.15) is 6.61 Å². The van der Waals surface area contributed by atoms with Crippen LogP contribution in [0.3, 0.4) is 0 Å². The molecule has 8 heteroatoms. The first-order chi connectivity index (χ1) is 17.0. The van der Waals surface area contributed by atoms with Crippen molar-refractivity contribution in [3.63, 3.8) is 0 Å². The molecule has 180 valence electrons. The van der Waals surface area contributed by atoms with Gasteiger partial charge in [-0.2, -0.15) is 11.8 Å². The number of carboxylic acid groups (broad SMARTS) is 1. The zero-order chi connectivity index (χ0) is 24.6. The van der Waals surface area contributed by atoms with Crippen molar-refractivity contribution in [1.82, 2.24) is 10.6 Å². The van der Waals surface area contributed by atoms with Crippen LogP contribution >= 0.6 is 11.8 Å². The average molecular weight is 491 g/mol. The lowest BCUT2D eigenvalue weighted by Gasteiger charge is -2.15. The first-order valence-corrected chi connectivity index (χ1v) is 12.4. The molecule has 2 amide bonds. The molecule has 1 atom stereocenters. The van der Waals surface area contributed by atoms with E-state index in [1.165, 1.54) is 22.9 Å². The number of rotatable bonds is 10. The number of aliphatic carboxylic acids is 1. The summed E-state index contributed by atoms with van der Waals surface area (Å²) in [6.45, 7) is 0.571. The highest BCUT2D eigenvalue weighted by Crippen LogP contribution is 2.44. The fourth-order valence-corrected chi connectivity index (χ4v) is 4.83. The SMILES string of the molecule is O=C(CSCCNC(=O)OCC1c2ccccc2-c2ccccc21)N[C@H](C(=O)O)c1ccccc1. The number of hydrogen-bond donors (Lipinski definition) is 3. The molecule has 7 nitrogen and oxygen atoms in total. The lowest BCUT2D eigenvalue weighted by molar-refractivity contribution is -0.141. The van der Waals surface area contributed by atoms with Crippen LogP contribution in [0, 0.1) is 0 Å². The Bertz CT molecular complexity index is 1160. The highest BCUT2D eigenvalue weighted by Gasteiger charge is 2.29. The quantitative estimate of drug-likeness (QED) is 0.368. The third-order valence-electron chi connectivity index (χ3n) is 5.78. The van der Waals surface area contributed by atoms with E-state index >= 15 is 0 Å². The van der Waals surface area contributed by atoms with E-state index in [1.807, 2.05) is 24.3 Å². The Hall–Kier alpha value is -3.78. The molecular weight excluding hydrogens is 464 g/mol. The fourth-order valence-electron chi connectivity index (χ4n) is 4.18. The van der Waals surface area contributed by atoms with Crippen LogP contribution < -0.4 is 10.6 Å². The molecule has 0 saturated heterocycles. The highest BCUT2D eigenvalue weighted by atomic mass is 32.2. The van der Waals surface area contributed by atoms with Gasteiger partial charge in [0.15, 0.2) is 6.04 Å². The Morgan fingerprint density at radius 1 is 0.886 bits per heavy atom. The number of amides is 2. The van der Waals surface area contributed by atoms with Gasteiger partial charge in [0.05, 0.1) is 5.75 Å². The minimum absolute atomic E-state index is 0.00184. The van der Waals surface area contributed by atoms with Crippen molar-refractivity contribution in [2.24, 2.45) is 0 Å². The zero-order valence-corrected chi connectivity index (χ0v) is 19.8. The number of hydrogen-bond acceptors (Lipinski definition) is 5. The van der Waals surface area contributed by atoms with Crippen LogP contribution in [0.4, 0.5) is 4.79 Å². The van der Waals surface area contributed by atoms with Crippen LogP contribution in [0.25, 0.3) is 11.1 Å². The number of carbonyl (C=O) groups excluding carboxylic acids is 2. The number of ether oxygens (including phenoxy) is 1. The van der Waals surface area contributed by atoms with Crippen molar-refractivity contribution in [1.29, 1.82) is 0 Å². The molecule has 3 aromatic rings.